The molecule has 1 aliphatic carbocycles. The van der Waals surface area contributed by atoms with E-state index >= 15 is 4.57 Å². The van der Waals surface area contributed by atoms with Gasteiger partial charge in [-0.3, -0.25) is 0 Å². The van der Waals surface area contributed by atoms with Gasteiger partial charge in [0.2, 0.25) is 0 Å². The van der Waals surface area contributed by atoms with E-state index in [0.717, 1.165) is 66.4 Å². The molecule has 0 radical (unpaired) electrons. The van der Waals surface area contributed by atoms with Gasteiger partial charge in [-0.25, -0.2) is 0 Å². The molecule has 2 aliphatic rings. The van der Waals surface area contributed by atoms with E-state index in [4.69, 9.17) is 0 Å². The summed E-state index contributed by atoms with van der Waals surface area (Å²) in [5, 5.41) is 2.74. The number of hydrogen-bond acceptors (Lipinski definition) is 2. The number of anilines is 3. The van der Waals surface area contributed by atoms with Crippen LogP contribution in [-0.2, 0) is 9.98 Å². The Morgan fingerprint density at radius 2 is 0.917 bits per heavy atom. The van der Waals surface area contributed by atoms with E-state index in [1.165, 1.54) is 0 Å². The van der Waals surface area contributed by atoms with Crippen molar-refractivity contribution in [2.75, 3.05) is 4.90 Å². The molecule has 0 N–H and O–H groups in total. The molecule has 0 spiro atoms. The highest BCUT2D eigenvalue weighted by Gasteiger charge is 2.57. The molecule has 1 unspecified atom stereocenters. The number of fused-ring (bicyclic) bond motifs is 4. The van der Waals surface area contributed by atoms with Gasteiger partial charge < -0.3 is 9.46 Å². The van der Waals surface area contributed by atoms with Crippen LogP contribution >= 0.6 is 7.14 Å². The lowest BCUT2D eigenvalue weighted by Crippen LogP contribution is -2.30. The molecular weight excluding hydrogens is 601 g/mol. The number of para-hydroxylation sites is 2. The van der Waals surface area contributed by atoms with Crippen molar-refractivity contribution in [1.82, 2.24) is 0 Å². The molecule has 0 fully saturated rings. The fourth-order valence-electron chi connectivity index (χ4n) is 8.02. The summed E-state index contributed by atoms with van der Waals surface area (Å²) in [4.78, 5) is 2.31. The zero-order valence-corrected chi connectivity index (χ0v) is 27.2. The largest absolute Gasteiger partial charge is 0.310 e. The van der Waals surface area contributed by atoms with Gasteiger partial charge in [0.05, 0.1) is 5.41 Å². The lowest BCUT2D eigenvalue weighted by Gasteiger charge is -2.36. The summed E-state index contributed by atoms with van der Waals surface area (Å²) < 4.78 is 16.2. The molecule has 0 bridgehead atoms. The maximum atomic E-state index is 16.2. The maximum Gasteiger partial charge on any atom is 0.172 e. The van der Waals surface area contributed by atoms with Gasteiger partial charge in [-0.05, 0) is 69.8 Å². The van der Waals surface area contributed by atoms with Gasteiger partial charge in [0.1, 0.15) is 0 Å². The lowest BCUT2D eigenvalue weighted by molar-refractivity contribution is 0.593. The molecule has 3 heteroatoms. The van der Waals surface area contributed by atoms with Crippen LogP contribution in [0.3, 0.4) is 0 Å². The maximum absolute atomic E-state index is 16.2. The number of allylic oxidation sites excluding steroid dienone is 1. The number of rotatable bonds is 6. The molecule has 7 aromatic rings. The summed E-state index contributed by atoms with van der Waals surface area (Å²) in [6.45, 7) is 0. The van der Waals surface area contributed by atoms with Crippen molar-refractivity contribution >= 4 is 45.7 Å². The van der Waals surface area contributed by atoms with Crippen molar-refractivity contribution in [2.45, 2.75) is 5.41 Å². The zero-order chi connectivity index (χ0) is 32.1. The number of nitrogens with zero attached hydrogens (tertiary/aromatic N) is 1. The number of hydrogen-bond donors (Lipinski definition) is 0. The first-order valence-corrected chi connectivity index (χ1v) is 18.1. The van der Waals surface area contributed by atoms with Crippen LogP contribution in [0.15, 0.2) is 194 Å². The second-order valence-electron chi connectivity index (χ2n) is 12.4. The van der Waals surface area contributed by atoms with Crippen molar-refractivity contribution in [3.8, 4) is 0 Å². The highest BCUT2D eigenvalue weighted by atomic mass is 31.2. The third-order valence-corrected chi connectivity index (χ3v) is 13.1. The fraction of sp³-hybridized carbons (Fsp3) is 0.0222. The Bertz CT molecular complexity index is 2270. The SMILES string of the molecule is O=P1(c2ccccc2)C2=C(c3ccccc31)C(c1ccccc1)(c1ccccc1)c1cc(N(c3ccccc3)c3ccccc3)ccc12. The van der Waals surface area contributed by atoms with Crippen molar-refractivity contribution in [3.63, 3.8) is 0 Å². The standard InChI is InChI=1S/C45H32NOP/c47-48(38-26-14-5-15-27-38)42-29-17-16-28-40(42)43-44(48)39-31-30-37(46(35-22-10-3-11-23-35)36-24-12-4-13-25-36)32-41(39)45(43,33-18-6-1-7-19-33)34-20-8-2-9-21-34/h1-32H. The van der Waals surface area contributed by atoms with Crippen LogP contribution in [0.25, 0.3) is 10.9 Å². The van der Waals surface area contributed by atoms with Crippen molar-refractivity contribution in [3.05, 3.63) is 222 Å². The molecule has 0 aromatic heterocycles. The predicted molar refractivity (Wildman–Crippen MR) is 200 cm³/mol. The van der Waals surface area contributed by atoms with Crippen LogP contribution in [0.4, 0.5) is 17.1 Å². The van der Waals surface area contributed by atoms with E-state index in [0.29, 0.717) is 0 Å². The van der Waals surface area contributed by atoms with E-state index in [1.807, 2.05) is 36.4 Å². The third-order valence-electron chi connectivity index (χ3n) is 9.92. The van der Waals surface area contributed by atoms with Gasteiger partial charge in [-0.2, -0.15) is 0 Å². The molecule has 48 heavy (non-hydrogen) atoms. The minimum Gasteiger partial charge on any atom is -0.310 e. The van der Waals surface area contributed by atoms with Gasteiger partial charge in [0, 0.05) is 33.0 Å². The Balaban J connectivity index is 1.42. The summed E-state index contributed by atoms with van der Waals surface area (Å²) in [6, 6.07) is 67.9. The molecule has 0 saturated heterocycles. The highest BCUT2D eigenvalue weighted by Crippen LogP contribution is 2.73. The molecule has 1 atom stereocenters. The van der Waals surface area contributed by atoms with E-state index in [1.54, 1.807) is 0 Å². The Morgan fingerprint density at radius 3 is 1.48 bits per heavy atom. The molecule has 2 nitrogen and oxygen atoms in total. The highest BCUT2D eigenvalue weighted by molar-refractivity contribution is 7.88. The average molecular weight is 634 g/mol. The average Bonchev–Trinajstić information content (AvgIpc) is 3.62. The lowest BCUT2D eigenvalue weighted by atomic mass is 9.65. The second-order valence-corrected chi connectivity index (χ2v) is 15.1. The van der Waals surface area contributed by atoms with Crippen molar-refractivity contribution in [2.24, 2.45) is 0 Å². The van der Waals surface area contributed by atoms with Crippen LogP contribution in [0.2, 0.25) is 0 Å². The van der Waals surface area contributed by atoms with Crippen LogP contribution in [0, 0.1) is 0 Å². The van der Waals surface area contributed by atoms with Gasteiger partial charge in [-0.1, -0.05) is 158 Å². The molecule has 0 amide bonds. The minimum atomic E-state index is -3.26. The minimum absolute atomic E-state index is 0.709. The monoisotopic (exact) mass is 633 g/mol. The quantitative estimate of drug-likeness (QED) is 0.170. The first-order chi connectivity index (χ1) is 23.7. The van der Waals surface area contributed by atoms with E-state index in [2.05, 4.69) is 163 Å². The zero-order valence-electron chi connectivity index (χ0n) is 26.3. The Labute approximate surface area is 281 Å². The summed E-state index contributed by atoms with van der Waals surface area (Å²) in [5.41, 5.74) is 9.18. The predicted octanol–water partition coefficient (Wildman–Crippen LogP) is 10.7. The van der Waals surface area contributed by atoms with Crippen molar-refractivity contribution in [1.29, 1.82) is 0 Å². The summed E-state index contributed by atoms with van der Waals surface area (Å²) >= 11 is 0. The molecule has 7 aromatic carbocycles. The molecule has 1 aliphatic heterocycles. The first kappa shape index (κ1) is 28.5. The third kappa shape index (κ3) is 4.03. The first-order valence-electron chi connectivity index (χ1n) is 16.4. The molecule has 9 rings (SSSR count). The summed E-state index contributed by atoms with van der Waals surface area (Å²) in [7, 11) is -3.26. The van der Waals surface area contributed by atoms with Crippen LogP contribution < -0.4 is 15.5 Å². The second kappa shape index (κ2) is 11.2. The summed E-state index contributed by atoms with van der Waals surface area (Å²) in [5.74, 6) is 0. The van der Waals surface area contributed by atoms with E-state index in [9.17, 15) is 0 Å². The molecular formula is C45H32NOP. The Kier molecular flexibility index (Phi) is 6.67. The van der Waals surface area contributed by atoms with Gasteiger partial charge in [-0.15, -0.1) is 0 Å². The van der Waals surface area contributed by atoms with E-state index < -0.39 is 12.6 Å². The van der Waals surface area contributed by atoms with E-state index in [-0.39, 0.29) is 0 Å². The number of benzene rings is 7. The van der Waals surface area contributed by atoms with Crippen LogP contribution in [-0.4, -0.2) is 0 Å². The van der Waals surface area contributed by atoms with Crippen LogP contribution in [0.1, 0.15) is 27.8 Å². The van der Waals surface area contributed by atoms with Gasteiger partial charge in [0.25, 0.3) is 0 Å². The van der Waals surface area contributed by atoms with Crippen molar-refractivity contribution < 1.29 is 4.57 Å². The molecule has 0 saturated carbocycles. The topological polar surface area (TPSA) is 20.3 Å². The Hall–Kier alpha value is -5.69. The fourth-order valence-corrected chi connectivity index (χ4v) is 11.3. The molecule has 228 valence electrons. The van der Waals surface area contributed by atoms with Crippen LogP contribution in [0.5, 0.6) is 0 Å². The van der Waals surface area contributed by atoms with Gasteiger partial charge in [0.15, 0.2) is 7.14 Å². The smallest absolute Gasteiger partial charge is 0.172 e. The Morgan fingerprint density at radius 1 is 0.438 bits per heavy atom. The molecule has 1 heterocycles. The summed E-state index contributed by atoms with van der Waals surface area (Å²) in [6.07, 6.45) is 0. The normalized spacial score (nSPS) is 17.0. The van der Waals surface area contributed by atoms with Gasteiger partial charge >= 0.3 is 0 Å².